The van der Waals surface area contributed by atoms with Crippen molar-refractivity contribution in [3.8, 4) is 0 Å². The Morgan fingerprint density at radius 2 is 1.89 bits per heavy atom. The van der Waals surface area contributed by atoms with Crippen LogP contribution in [-0.2, 0) is 19.6 Å². The number of hydrogen-bond acceptors (Lipinski definition) is 6. The van der Waals surface area contributed by atoms with Gasteiger partial charge in [-0.25, -0.2) is 13.4 Å². The molecule has 27 heavy (non-hydrogen) atoms. The predicted octanol–water partition coefficient (Wildman–Crippen LogP) is 1.45. The van der Waals surface area contributed by atoms with Crippen LogP contribution in [0.25, 0.3) is 0 Å². The van der Waals surface area contributed by atoms with Crippen LogP contribution in [0.5, 0.6) is 0 Å². The molecule has 0 aromatic carbocycles. The molecule has 1 saturated carbocycles. The van der Waals surface area contributed by atoms with Gasteiger partial charge in [0.15, 0.2) is 0 Å². The van der Waals surface area contributed by atoms with Gasteiger partial charge in [-0.3, -0.25) is 4.79 Å². The Balaban J connectivity index is 1.60. The third kappa shape index (κ3) is 4.59. The quantitative estimate of drug-likeness (QED) is 0.783. The van der Waals surface area contributed by atoms with Crippen molar-refractivity contribution < 1.29 is 17.9 Å². The van der Waals surface area contributed by atoms with Crippen molar-refractivity contribution in [3.63, 3.8) is 0 Å². The molecule has 0 atom stereocenters. The summed E-state index contributed by atoms with van der Waals surface area (Å²) in [6, 6.07) is 3.69. The first-order valence-electron chi connectivity index (χ1n) is 9.45. The molecule has 1 saturated heterocycles. The van der Waals surface area contributed by atoms with Gasteiger partial charge < -0.3 is 15.0 Å². The number of rotatable bonds is 6. The number of carbonyl (C=O) groups is 1. The Kier molecular flexibility index (Phi) is 6.02. The van der Waals surface area contributed by atoms with Crippen LogP contribution >= 0.6 is 0 Å². The second-order valence-corrected chi connectivity index (χ2v) is 9.13. The van der Waals surface area contributed by atoms with E-state index in [4.69, 9.17) is 4.74 Å². The van der Waals surface area contributed by atoms with Crippen LogP contribution in [0.3, 0.4) is 0 Å². The molecule has 1 N–H and O–H groups in total. The van der Waals surface area contributed by atoms with E-state index < -0.39 is 15.6 Å². The Morgan fingerprint density at radius 1 is 1.22 bits per heavy atom. The van der Waals surface area contributed by atoms with Gasteiger partial charge in [0.1, 0.15) is 11.4 Å². The van der Waals surface area contributed by atoms with Crippen LogP contribution in [0, 0.1) is 0 Å². The lowest BCUT2D eigenvalue weighted by Gasteiger charge is -2.34. The highest BCUT2D eigenvalue weighted by atomic mass is 32.2. The minimum atomic E-state index is -3.14. The summed E-state index contributed by atoms with van der Waals surface area (Å²) in [7, 11) is -3.14. The van der Waals surface area contributed by atoms with E-state index in [1.54, 1.807) is 6.20 Å². The van der Waals surface area contributed by atoms with Gasteiger partial charge in [-0.15, -0.1) is 0 Å². The van der Waals surface area contributed by atoms with E-state index in [9.17, 15) is 13.2 Å². The molecular formula is C18H28N4O4S. The highest BCUT2D eigenvalue weighted by Crippen LogP contribution is 2.34. The Hall–Kier alpha value is -1.71. The van der Waals surface area contributed by atoms with Crippen LogP contribution < -0.4 is 10.2 Å². The highest BCUT2D eigenvalue weighted by molar-refractivity contribution is 7.88. The van der Waals surface area contributed by atoms with Crippen LogP contribution in [-0.4, -0.2) is 68.3 Å². The standard InChI is InChI=1S/C18H28N4O4S/c1-3-26-18(8-4-5-9-18)17(23)20-15-6-7-16(19-14-15)21-10-12-22(13-11-21)27(2,24)25/h6-7,14H,3-5,8-13H2,1-2H3,(H,20,23). The molecule has 0 radical (unpaired) electrons. The molecule has 0 spiro atoms. The number of carbonyl (C=O) groups excluding carboxylic acids is 1. The lowest BCUT2D eigenvalue weighted by atomic mass is 10.0. The molecule has 8 nitrogen and oxygen atoms in total. The fraction of sp³-hybridized carbons (Fsp3) is 0.667. The van der Waals surface area contributed by atoms with E-state index in [0.717, 1.165) is 31.5 Å². The zero-order valence-electron chi connectivity index (χ0n) is 16.0. The number of amides is 1. The number of anilines is 2. The lowest BCUT2D eigenvalue weighted by Crippen LogP contribution is -2.48. The molecule has 150 valence electrons. The number of nitrogens with one attached hydrogen (secondary N) is 1. The second kappa shape index (κ2) is 8.12. The maximum Gasteiger partial charge on any atom is 0.256 e. The zero-order chi connectivity index (χ0) is 19.5. The van der Waals surface area contributed by atoms with Gasteiger partial charge in [-0.2, -0.15) is 4.31 Å². The minimum absolute atomic E-state index is 0.0989. The third-order valence-electron chi connectivity index (χ3n) is 5.28. The normalized spacial score (nSPS) is 20.6. The Labute approximate surface area is 160 Å². The number of nitrogens with zero attached hydrogens (tertiary/aromatic N) is 3. The summed E-state index contributed by atoms with van der Waals surface area (Å²) < 4.78 is 30.5. The highest BCUT2D eigenvalue weighted by Gasteiger charge is 2.42. The maximum absolute atomic E-state index is 12.7. The number of aromatic nitrogens is 1. The summed E-state index contributed by atoms with van der Waals surface area (Å²) in [6.45, 7) is 4.53. The van der Waals surface area contributed by atoms with Gasteiger partial charge in [0.05, 0.1) is 18.1 Å². The van der Waals surface area contributed by atoms with Crippen LogP contribution in [0.2, 0.25) is 0 Å². The molecule has 1 aliphatic carbocycles. The average Bonchev–Trinajstić information content (AvgIpc) is 3.12. The first-order chi connectivity index (χ1) is 12.8. The fourth-order valence-electron chi connectivity index (χ4n) is 3.80. The monoisotopic (exact) mass is 396 g/mol. The molecule has 0 unspecified atom stereocenters. The van der Waals surface area contributed by atoms with Crippen molar-refractivity contribution in [1.82, 2.24) is 9.29 Å². The number of piperazine rings is 1. The molecule has 3 rings (SSSR count). The molecule has 2 heterocycles. The summed E-state index contributed by atoms with van der Waals surface area (Å²) in [4.78, 5) is 19.2. The van der Waals surface area contributed by atoms with Crippen molar-refractivity contribution in [1.29, 1.82) is 0 Å². The summed E-state index contributed by atoms with van der Waals surface area (Å²) in [5.41, 5.74) is -0.0698. The van der Waals surface area contributed by atoms with E-state index in [1.807, 2.05) is 24.0 Å². The van der Waals surface area contributed by atoms with E-state index >= 15 is 0 Å². The molecule has 1 amide bonds. The van der Waals surface area contributed by atoms with Gasteiger partial charge in [0, 0.05) is 32.8 Å². The number of ether oxygens (including phenoxy) is 1. The van der Waals surface area contributed by atoms with Crippen LogP contribution in [0.4, 0.5) is 11.5 Å². The van der Waals surface area contributed by atoms with Gasteiger partial charge in [0.2, 0.25) is 10.0 Å². The first-order valence-corrected chi connectivity index (χ1v) is 11.3. The topological polar surface area (TPSA) is 91.8 Å². The molecule has 1 aromatic rings. The van der Waals surface area contributed by atoms with Crippen molar-refractivity contribution in [2.45, 2.75) is 38.2 Å². The molecule has 0 bridgehead atoms. The van der Waals surface area contributed by atoms with Crippen LogP contribution in [0.1, 0.15) is 32.6 Å². The Bertz CT molecular complexity index is 752. The minimum Gasteiger partial charge on any atom is -0.365 e. The van der Waals surface area contributed by atoms with Crippen LogP contribution in [0.15, 0.2) is 18.3 Å². The van der Waals surface area contributed by atoms with E-state index in [0.29, 0.717) is 38.5 Å². The second-order valence-electron chi connectivity index (χ2n) is 7.14. The molecule has 1 aliphatic heterocycles. The molecule has 2 fully saturated rings. The van der Waals surface area contributed by atoms with E-state index in [-0.39, 0.29) is 5.91 Å². The lowest BCUT2D eigenvalue weighted by molar-refractivity contribution is -0.140. The molecule has 9 heteroatoms. The number of sulfonamides is 1. The number of pyridine rings is 1. The largest absolute Gasteiger partial charge is 0.365 e. The summed E-state index contributed by atoms with van der Waals surface area (Å²) in [6.07, 6.45) is 6.39. The van der Waals surface area contributed by atoms with Crippen molar-refractivity contribution >= 4 is 27.4 Å². The number of hydrogen-bond donors (Lipinski definition) is 1. The predicted molar refractivity (Wildman–Crippen MR) is 104 cm³/mol. The average molecular weight is 397 g/mol. The summed E-state index contributed by atoms with van der Waals surface area (Å²) in [5, 5.41) is 2.93. The molecule has 1 aromatic heterocycles. The summed E-state index contributed by atoms with van der Waals surface area (Å²) in [5.74, 6) is 0.680. The van der Waals surface area contributed by atoms with Crippen molar-refractivity contribution in [2.24, 2.45) is 0 Å². The summed E-state index contributed by atoms with van der Waals surface area (Å²) >= 11 is 0. The molecule has 2 aliphatic rings. The third-order valence-corrected chi connectivity index (χ3v) is 6.59. The smallest absolute Gasteiger partial charge is 0.256 e. The first kappa shape index (κ1) is 20.0. The van der Waals surface area contributed by atoms with Gasteiger partial charge >= 0.3 is 0 Å². The van der Waals surface area contributed by atoms with Gasteiger partial charge in [-0.1, -0.05) is 0 Å². The maximum atomic E-state index is 12.7. The fourth-order valence-corrected chi connectivity index (χ4v) is 4.63. The van der Waals surface area contributed by atoms with E-state index in [2.05, 4.69) is 10.3 Å². The Morgan fingerprint density at radius 3 is 2.41 bits per heavy atom. The zero-order valence-corrected chi connectivity index (χ0v) is 16.8. The van der Waals surface area contributed by atoms with E-state index in [1.165, 1.54) is 10.6 Å². The van der Waals surface area contributed by atoms with Gasteiger partial charge in [-0.05, 0) is 44.7 Å². The SMILES string of the molecule is CCOC1(C(=O)Nc2ccc(N3CCN(S(C)(=O)=O)CC3)nc2)CCCC1. The van der Waals surface area contributed by atoms with Gasteiger partial charge in [0.25, 0.3) is 5.91 Å². The van der Waals surface area contributed by atoms with Crippen molar-refractivity contribution in [3.05, 3.63) is 18.3 Å². The van der Waals surface area contributed by atoms with Crippen molar-refractivity contribution in [2.75, 3.05) is 49.3 Å². The molecular weight excluding hydrogens is 368 g/mol.